The number of aldehydes is 1. The third-order valence-corrected chi connectivity index (χ3v) is 3.72. The number of hydrogen-bond donors (Lipinski definition) is 1. The van der Waals surface area contributed by atoms with Crippen LogP contribution in [-0.4, -0.2) is 39.9 Å². The highest BCUT2D eigenvalue weighted by atomic mass is 16.3. The minimum absolute atomic E-state index is 0.594. The first-order valence-corrected chi connectivity index (χ1v) is 6.41. The highest BCUT2D eigenvalue weighted by Crippen LogP contribution is 2.27. The SMILES string of the molecule is Cc1nn(C)c(N2CCCC(C)(O)CC2)c1C=O. The van der Waals surface area contributed by atoms with Crippen molar-refractivity contribution in [1.29, 1.82) is 0 Å². The summed E-state index contributed by atoms with van der Waals surface area (Å²) in [6, 6.07) is 0. The smallest absolute Gasteiger partial charge is 0.155 e. The Labute approximate surface area is 107 Å². The summed E-state index contributed by atoms with van der Waals surface area (Å²) in [5.74, 6) is 0.875. The van der Waals surface area contributed by atoms with E-state index in [4.69, 9.17) is 0 Å². The first-order valence-electron chi connectivity index (χ1n) is 6.41. The number of aryl methyl sites for hydroxylation is 2. The van der Waals surface area contributed by atoms with Crippen molar-refractivity contribution in [3.63, 3.8) is 0 Å². The molecule has 1 N–H and O–H groups in total. The summed E-state index contributed by atoms with van der Waals surface area (Å²) >= 11 is 0. The molecule has 0 amide bonds. The zero-order chi connectivity index (χ0) is 13.3. The van der Waals surface area contributed by atoms with E-state index in [1.165, 1.54) is 0 Å². The van der Waals surface area contributed by atoms with Crippen molar-refractivity contribution < 1.29 is 9.90 Å². The molecule has 0 aliphatic carbocycles. The van der Waals surface area contributed by atoms with E-state index in [1.54, 1.807) is 4.68 Å². The summed E-state index contributed by atoms with van der Waals surface area (Å²) in [6.45, 7) is 5.34. The van der Waals surface area contributed by atoms with E-state index >= 15 is 0 Å². The first kappa shape index (κ1) is 13.1. The first-order chi connectivity index (χ1) is 8.44. The maximum absolute atomic E-state index is 11.2. The van der Waals surface area contributed by atoms with Crippen LogP contribution in [0.25, 0.3) is 0 Å². The van der Waals surface area contributed by atoms with Crippen LogP contribution in [0.5, 0.6) is 0 Å². The monoisotopic (exact) mass is 251 g/mol. The second-order valence-electron chi connectivity index (χ2n) is 5.40. The number of rotatable bonds is 2. The normalized spacial score (nSPS) is 25.0. The summed E-state index contributed by atoms with van der Waals surface area (Å²) in [6.07, 6.45) is 3.32. The molecule has 0 radical (unpaired) electrons. The average molecular weight is 251 g/mol. The van der Waals surface area contributed by atoms with E-state index in [0.717, 1.165) is 50.1 Å². The molecule has 1 fully saturated rings. The van der Waals surface area contributed by atoms with E-state index in [-0.39, 0.29) is 0 Å². The van der Waals surface area contributed by atoms with Gasteiger partial charge in [0.15, 0.2) is 6.29 Å². The summed E-state index contributed by atoms with van der Waals surface area (Å²) in [5, 5.41) is 14.4. The van der Waals surface area contributed by atoms with Crippen LogP contribution in [0.1, 0.15) is 42.2 Å². The van der Waals surface area contributed by atoms with Gasteiger partial charge in [-0.1, -0.05) is 0 Å². The maximum Gasteiger partial charge on any atom is 0.155 e. The van der Waals surface area contributed by atoms with Gasteiger partial charge < -0.3 is 10.0 Å². The van der Waals surface area contributed by atoms with Gasteiger partial charge in [-0.15, -0.1) is 0 Å². The van der Waals surface area contributed by atoms with Gasteiger partial charge in [-0.25, -0.2) is 0 Å². The maximum atomic E-state index is 11.2. The second kappa shape index (κ2) is 4.72. The lowest BCUT2D eigenvalue weighted by Crippen LogP contribution is -2.30. The Morgan fingerprint density at radius 1 is 1.39 bits per heavy atom. The molecular formula is C13H21N3O2. The Bertz CT molecular complexity index is 451. The second-order valence-corrected chi connectivity index (χ2v) is 5.40. The number of carbonyl (C=O) groups excluding carboxylic acids is 1. The third-order valence-electron chi connectivity index (χ3n) is 3.72. The van der Waals surface area contributed by atoms with Crippen molar-refractivity contribution in [2.45, 2.75) is 38.7 Å². The summed E-state index contributed by atoms with van der Waals surface area (Å²) < 4.78 is 1.76. The number of anilines is 1. The number of carbonyl (C=O) groups is 1. The largest absolute Gasteiger partial charge is 0.390 e. The van der Waals surface area contributed by atoms with Crippen molar-refractivity contribution in [1.82, 2.24) is 9.78 Å². The lowest BCUT2D eigenvalue weighted by molar-refractivity contribution is 0.0481. The Morgan fingerprint density at radius 2 is 2.11 bits per heavy atom. The van der Waals surface area contributed by atoms with Crippen molar-refractivity contribution in [3.05, 3.63) is 11.3 Å². The van der Waals surface area contributed by atoms with Gasteiger partial charge in [-0.05, 0) is 33.1 Å². The number of aromatic nitrogens is 2. The molecule has 18 heavy (non-hydrogen) atoms. The fourth-order valence-corrected chi connectivity index (χ4v) is 2.65. The van der Waals surface area contributed by atoms with E-state index in [1.807, 2.05) is 20.9 Å². The molecule has 2 rings (SSSR count). The van der Waals surface area contributed by atoms with Crippen LogP contribution < -0.4 is 4.90 Å². The number of nitrogens with zero attached hydrogens (tertiary/aromatic N) is 3. The molecule has 0 spiro atoms. The van der Waals surface area contributed by atoms with Gasteiger partial charge in [0.1, 0.15) is 5.82 Å². The third kappa shape index (κ3) is 2.41. The Hall–Kier alpha value is -1.36. The molecule has 1 saturated heterocycles. The van der Waals surface area contributed by atoms with Crippen molar-refractivity contribution in [2.24, 2.45) is 7.05 Å². The van der Waals surface area contributed by atoms with E-state index in [0.29, 0.717) is 5.56 Å². The van der Waals surface area contributed by atoms with Crippen LogP contribution in [0.15, 0.2) is 0 Å². The Kier molecular flexibility index (Phi) is 3.43. The molecule has 1 aliphatic heterocycles. The molecular weight excluding hydrogens is 230 g/mol. The average Bonchev–Trinajstić information content (AvgIpc) is 2.45. The van der Waals surface area contributed by atoms with E-state index in [2.05, 4.69) is 10.00 Å². The van der Waals surface area contributed by atoms with E-state index in [9.17, 15) is 9.90 Å². The molecule has 5 heteroatoms. The van der Waals surface area contributed by atoms with Crippen molar-refractivity contribution in [2.75, 3.05) is 18.0 Å². The van der Waals surface area contributed by atoms with Gasteiger partial charge in [-0.3, -0.25) is 9.48 Å². The minimum Gasteiger partial charge on any atom is -0.390 e. The molecule has 1 aliphatic rings. The molecule has 1 unspecified atom stereocenters. The predicted octanol–water partition coefficient (Wildman–Crippen LogP) is 1.28. The summed E-state index contributed by atoms with van der Waals surface area (Å²) in [4.78, 5) is 13.3. The molecule has 0 saturated carbocycles. The van der Waals surface area contributed by atoms with Gasteiger partial charge in [0.25, 0.3) is 0 Å². The fourth-order valence-electron chi connectivity index (χ4n) is 2.65. The number of hydrogen-bond acceptors (Lipinski definition) is 4. The van der Waals surface area contributed by atoms with Crippen molar-refractivity contribution >= 4 is 12.1 Å². The standard InChI is InChI=1S/C13H21N3O2/c1-10-11(9-17)12(15(3)14-10)16-7-4-5-13(2,18)6-8-16/h9,18H,4-8H2,1-3H3. The van der Waals surface area contributed by atoms with Crippen LogP contribution in [-0.2, 0) is 7.05 Å². The van der Waals surface area contributed by atoms with Gasteiger partial charge in [0, 0.05) is 20.1 Å². The molecule has 1 aromatic rings. The van der Waals surface area contributed by atoms with Gasteiger partial charge >= 0.3 is 0 Å². The number of aliphatic hydroxyl groups is 1. The summed E-state index contributed by atoms with van der Waals surface area (Å²) in [5.41, 5.74) is 0.835. The summed E-state index contributed by atoms with van der Waals surface area (Å²) in [7, 11) is 1.86. The van der Waals surface area contributed by atoms with E-state index < -0.39 is 5.60 Å². The van der Waals surface area contributed by atoms with Gasteiger partial charge in [0.2, 0.25) is 0 Å². The molecule has 100 valence electrons. The quantitative estimate of drug-likeness (QED) is 0.804. The van der Waals surface area contributed by atoms with Gasteiger partial charge in [0.05, 0.1) is 16.9 Å². The topological polar surface area (TPSA) is 58.4 Å². The Balaban J connectivity index is 2.29. The molecule has 0 bridgehead atoms. The van der Waals surface area contributed by atoms with Crippen molar-refractivity contribution in [3.8, 4) is 0 Å². The van der Waals surface area contributed by atoms with Gasteiger partial charge in [-0.2, -0.15) is 5.10 Å². The molecule has 0 aromatic carbocycles. The Morgan fingerprint density at radius 3 is 2.78 bits per heavy atom. The molecule has 5 nitrogen and oxygen atoms in total. The van der Waals surface area contributed by atoms with Crippen LogP contribution in [0.4, 0.5) is 5.82 Å². The highest BCUT2D eigenvalue weighted by molar-refractivity contribution is 5.84. The highest BCUT2D eigenvalue weighted by Gasteiger charge is 2.27. The molecule has 2 heterocycles. The zero-order valence-corrected chi connectivity index (χ0v) is 11.3. The lowest BCUT2D eigenvalue weighted by Gasteiger charge is -2.24. The van der Waals surface area contributed by atoms with Crippen LogP contribution >= 0.6 is 0 Å². The predicted molar refractivity (Wildman–Crippen MR) is 70.0 cm³/mol. The molecule has 1 aromatic heterocycles. The molecule has 1 atom stereocenters. The fraction of sp³-hybridized carbons (Fsp3) is 0.692. The van der Waals surface area contributed by atoms with Crippen LogP contribution in [0, 0.1) is 6.92 Å². The minimum atomic E-state index is -0.594. The van der Waals surface area contributed by atoms with Crippen LogP contribution in [0.3, 0.4) is 0 Å². The van der Waals surface area contributed by atoms with Crippen LogP contribution in [0.2, 0.25) is 0 Å². The zero-order valence-electron chi connectivity index (χ0n) is 11.3. The lowest BCUT2D eigenvalue weighted by atomic mass is 9.98.